The van der Waals surface area contributed by atoms with E-state index in [-0.39, 0.29) is 0 Å². The van der Waals surface area contributed by atoms with Crippen molar-refractivity contribution in [1.29, 1.82) is 0 Å². The quantitative estimate of drug-likeness (QED) is 0.252. The van der Waals surface area contributed by atoms with Gasteiger partial charge < -0.3 is 0 Å². The lowest BCUT2D eigenvalue weighted by Gasteiger charge is -2.14. The van der Waals surface area contributed by atoms with E-state index in [1.807, 2.05) is 13.8 Å². The summed E-state index contributed by atoms with van der Waals surface area (Å²) in [5, 5.41) is 10.8. The summed E-state index contributed by atoms with van der Waals surface area (Å²) in [4.78, 5) is 0. The Morgan fingerprint density at radius 2 is 1.00 bits per heavy atom. The van der Waals surface area contributed by atoms with Crippen LogP contribution in [-0.4, -0.2) is 0 Å². The summed E-state index contributed by atoms with van der Waals surface area (Å²) in [6.45, 7) is 8.39. The van der Waals surface area contributed by atoms with Gasteiger partial charge in [0.2, 0.25) is 0 Å². The summed E-state index contributed by atoms with van der Waals surface area (Å²) >= 11 is 0. The molecule has 5 rings (SSSR count). The molecule has 0 N–H and O–H groups in total. The summed E-state index contributed by atoms with van der Waals surface area (Å²) < 4.78 is 0. The first-order valence-corrected chi connectivity index (χ1v) is 9.47. The highest BCUT2D eigenvalue weighted by Gasteiger charge is 2.12. The third-order valence-corrected chi connectivity index (χ3v) is 5.20. The van der Waals surface area contributed by atoms with E-state index in [0.29, 0.717) is 0 Å². The fourth-order valence-electron chi connectivity index (χ4n) is 4.11. The molecule has 0 spiro atoms. The Morgan fingerprint density at radius 3 is 1.69 bits per heavy atom. The van der Waals surface area contributed by atoms with Crippen molar-refractivity contribution in [3.63, 3.8) is 0 Å². The average molecular weight is 336 g/mol. The monoisotopic (exact) mass is 336 g/mol. The van der Waals surface area contributed by atoms with E-state index in [9.17, 15) is 0 Å². The largest absolute Gasteiger partial charge is 0.0683 e. The van der Waals surface area contributed by atoms with Gasteiger partial charge >= 0.3 is 0 Å². The van der Waals surface area contributed by atoms with Gasteiger partial charge in [0.25, 0.3) is 0 Å². The van der Waals surface area contributed by atoms with Gasteiger partial charge in [0.05, 0.1) is 0 Å². The predicted molar refractivity (Wildman–Crippen MR) is 117 cm³/mol. The molecule has 0 aliphatic heterocycles. The molecule has 5 aromatic carbocycles. The average Bonchev–Trinajstić information content (AvgIpc) is 2.70. The van der Waals surface area contributed by atoms with Crippen molar-refractivity contribution < 1.29 is 0 Å². The number of rotatable bonds is 0. The molecule has 0 atom stereocenters. The van der Waals surface area contributed by atoms with Gasteiger partial charge in [-0.1, -0.05) is 92.2 Å². The first kappa shape index (κ1) is 16.6. The van der Waals surface area contributed by atoms with Crippen LogP contribution >= 0.6 is 0 Å². The van der Waals surface area contributed by atoms with Crippen LogP contribution in [0.5, 0.6) is 0 Å². The maximum absolute atomic E-state index is 2.36. The van der Waals surface area contributed by atoms with Crippen LogP contribution in [0.3, 0.4) is 0 Å². The van der Waals surface area contributed by atoms with Crippen molar-refractivity contribution in [3.8, 4) is 0 Å². The minimum Gasteiger partial charge on any atom is -0.0683 e. The van der Waals surface area contributed by atoms with E-state index in [2.05, 4.69) is 86.6 Å². The van der Waals surface area contributed by atoms with Crippen molar-refractivity contribution >= 4 is 43.1 Å². The lowest BCUT2D eigenvalue weighted by atomic mass is 9.89. The zero-order chi connectivity index (χ0) is 18.3. The van der Waals surface area contributed by atoms with Crippen LogP contribution in [-0.2, 0) is 0 Å². The van der Waals surface area contributed by atoms with Gasteiger partial charge in [-0.2, -0.15) is 0 Å². The van der Waals surface area contributed by atoms with Crippen LogP contribution in [0.1, 0.15) is 25.0 Å². The van der Waals surface area contributed by atoms with Gasteiger partial charge in [0.15, 0.2) is 0 Å². The van der Waals surface area contributed by atoms with Crippen molar-refractivity contribution in [2.45, 2.75) is 27.7 Å². The van der Waals surface area contributed by atoms with Gasteiger partial charge in [-0.25, -0.2) is 0 Å². The third kappa shape index (κ3) is 2.37. The maximum Gasteiger partial charge on any atom is -0.00202 e. The molecule has 0 aromatic heterocycles. The Labute approximate surface area is 155 Å². The maximum atomic E-state index is 2.36. The van der Waals surface area contributed by atoms with Gasteiger partial charge in [0, 0.05) is 0 Å². The zero-order valence-electron chi connectivity index (χ0n) is 15.9. The second-order valence-electron chi connectivity index (χ2n) is 6.76. The normalized spacial score (nSPS) is 11.1. The molecule has 0 heterocycles. The highest BCUT2D eigenvalue weighted by atomic mass is 14.2. The third-order valence-electron chi connectivity index (χ3n) is 5.20. The van der Waals surface area contributed by atoms with E-state index >= 15 is 0 Å². The van der Waals surface area contributed by atoms with Gasteiger partial charge in [-0.3, -0.25) is 0 Å². The highest BCUT2D eigenvalue weighted by Crippen LogP contribution is 2.40. The van der Waals surface area contributed by atoms with Gasteiger partial charge in [-0.15, -0.1) is 0 Å². The minimum absolute atomic E-state index is 1.31. The summed E-state index contributed by atoms with van der Waals surface area (Å²) in [6, 6.07) is 26.8. The van der Waals surface area contributed by atoms with Crippen molar-refractivity contribution in [2.24, 2.45) is 0 Å². The second-order valence-corrected chi connectivity index (χ2v) is 6.76. The summed E-state index contributed by atoms with van der Waals surface area (Å²) in [5.41, 5.74) is 2.65. The summed E-state index contributed by atoms with van der Waals surface area (Å²) in [6.07, 6.45) is 0. The van der Waals surface area contributed by atoms with Crippen LogP contribution in [0.2, 0.25) is 0 Å². The Hall–Kier alpha value is -2.86. The smallest absolute Gasteiger partial charge is 0.00202 e. The van der Waals surface area contributed by atoms with E-state index in [0.717, 1.165) is 0 Å². The Bertz CT molecular complexity index is 1260. The fraction of sp³-hybridized carbons (Fsp3) is 0.154. The van der Waals surface area contributed by atoms with Crippen LogP contribution in [0.15, 0.2) is 72.8 Å². The van der Waals surface area contributed by atoms with E-state index in [1.165, 1.54) is 54.2 Å². The first-order valence-electron chi connectivity index (χ1n) is 9.47. The van der Waals surface area contributed by atoms with E-state index in [1.54, 1.807) is 0 Å². The van der Waals surface area contributed by atoms with E-state index < -0.39 is 0 Å². The molecular formula is C26H24. The number of fused-ring (bicyclic) bond motifs is 8. The molecule has 128 valence electrons. The van der Waals surface area contributed by atoms with Crippen LogP contribution in [0.4, 0.5) is 0 Å². The molecule has 0 amide bonds. The van der Waals surface area contributed by atoms with E-state index in [4.69, 9.17) is 0 Å². The molecule has 0 fully saturated rings. The topological polar surface area (TPSA) is 0 Å². The number of aryl methyl sites for hydroxylation is 2. The molecule has 0 nitrogen and oxygen atoms in total. The molecule has 0 heteroatoms. The Balaban J connectivity index is 0.000000814. The summed E-state index contributed by atoms with van der Waals surface area (Å²) in [5.74, 6) is 0. The van der Waals surface area contributed by atoms with Gasteiger partial charge in [-0.05, 0) is 62.5 Å². The SMILES string of the molecule is CC.Cc1ccc2c(c1)c1ccccc1c1cc(C)c3ccccc3c21. The van der Waals surface area contributed by atoms with Crippen LogP contribution < -0.4 is 0 Å². The molecule has 0 saturated carbocycles. The molecule has 5 aromatic rings. The van der Waals surface area contributed by atoms with Crippen molar-refractivity contribution in [3.05, 3.63) is 83.9 Å². The fourth-order valence-corrected chi connectivity index (χ4v) is 4.11. The number of hydrogen-bond acceptors (Lipinski definition) is 0. The molecule has 0 unspecified atom stereocenters. The van der Waals surface area contributed by atoms with Crippen LogP contribution in [0, 0.1) is 13.8 Å². The number of hydrogen-bond donors (Lipinski definition) is 0. The first-order chi connectivity index (χ1) is 12.7. The molecule has 0 radical (unpaired) electrons. The number of benzene rings is 5. The Kier molecular flexibility index (Phi) is 4.12. The minimum atomic E-state index is 1.31. The zero-order valence-corrected chi connectivity index (χ0v) is 15.9. The van der Waals surface area contributed by atoms with Crippen molar-refractivity contribution in [2.75, 3.05) is 0 Å². The highest BCUT2D eigenvalue weighted by molar-refractivity contribution is 6.31. The van der Waals surface area contributed by atoms with Crippen LogP contribution in [0.25, 0.3) is 43.1 Å². The van der Waals surface area contributed by atoms with Crippen molar-refractivity contribution in [1.82, 2.24) is 0 Å². The lowest BCUT2D eigenvalue weighted by molar-refractivity contribution is 1.50. The lowest BCUT2D eigenvalue weighted by Crippen LogP contribution is -1.88. The summed E-state index contributed by atoms with van der Waals surface area (Å²) in [7, 11) is 0. The molecule has 0 bridgehead atoms. The molecule has 0 aliphatic carbocycles. The predicted octanol–water partition coefficient (Wildman–Crippen LogP) is 7.94. The van der Waals surface area contributed by atoms with Gasteiger partial charge in [0.1, 0.15) is 0 Å². The molecule has 0 saturated heterocycles. The molecule has 26 heavy (non-hydrogen) atoms. The standard InChI is InChI=1S/C24H18.C2H6/c1-15-11-12-21-22(13-15)18-8-4-5-9-19(18)23-14-16(2)17-7-3-6-10-20(17)24(21)23;1-2/h3-14H,1-2H3;1-2H3. The molecular weight excluding hydrogens is 312 g/mol. The Morgan fingerprint density at radius 1 is 0.462 bits per heavy atom. The molecule has 0 aliphatic rings. The second kappa shape index (κ2) is 6.46.